The summed E-state index contributed by atoms with van der Waals surface area (Å²) in [6, 6.07) is 14.7. The molecule has 2 N–H and O–H groups in total. The highest BCUT2D eigenvalue weighted by Gasteiger charge is 2.35. The molecule has 1 aliphatic rings. The molecule has 3 amide bonds. The first-order valence-corrected chi connectivity index (χ1v) is 9.10. The van der Waals surface area contributed by atoms with Crippen LogP contribution in [-0.4, -0.2) is 38.4 Å². The maximum absolute atomic E-state index is 12.4. The molecule has 1 atom stereocenters. The Morgan fingerprint density at radius 1 is 1.07 bits per heavy atom. The number of nitrogens with zero attached hydrogens (tertiary/aromatic N) is 2. The van der Waals surface area contributed by atoms with Crippen molar-refractivity contribution in [1.82, 2.24) is 10.9 Å². The van der Waals surface area contributed by atoms with Crippen molar-refractivity contribution in [3.8, 4) is 0 Å². The fourth-order valence-corrected chi connectivity index (χ4v) is 3.08. The molecule has 0 aromatic heterocycles. The van der Waals surface area contributed by atoms with Crippen LogP contribution in [0.4, 0.5) is 11.4 Å². The third kappa shape index (κ3) is 4.31. The molecule has 146 valence electrons. The lowest BCUT2D eigenvalue weighted by Crippen LogP contribution is -2.45. The molecular weight excluding hydrogens is 356 g/mol. The summed E-state index contributed by atoms with van der Waals surface area (Å²) in [5.41, 5.74) is 8.07. The van der Waals surface area contributed by atoms with Crippen molar-refractivity contribution in [2.75, 3.05) is 30.4 Å². The van der Waals surface area contributed by atoms with Gasteiger partial charge in [0.1, 0.15) is 0 Å². The van der Waals surface area contributed by atoms with E-state index in [1.807, 2.05) is 56.3 Å². The van der Waals surface area contributed by atoms with Gasteiger partial charge in [0, 0.05) is 44.0 Å². The molecule has 2 aromatic rings. The van der Waals surface area contributed by atoms with Crippen LogP contribution in [0.25, 0.3) is 0 Å². The normalized spacial score (nSPS) is 16.0. The van der Waals surface area contributed by atoms with Gasteiger partial charge in [-0.15, -0.1) is 0 Å². The van der Waals surface area contributed by atoms with Gasteiger partial charge in [0.05, 0.1) is 5.92 Å². The third-order valence-electron chi connectivity index (χ3n) is 4.77. The average molecular weight is 380 g/mol. The van der Waals surface area contributed by atoms with Gasteiger partial charge < -0.3 is 9.80 Å². The number of hydrogen-bond acceptors (Lipinski definition) is 4. The second-order valence-electron chi connectivity index (χ2n) is 7.13. The highest BCUT2D eigenvalue weighted by Crippen LogP contribution is 2.25. The molecule has 1 heterocycles. The number of benzene rings is 2. The van der Waals surface area contributed by atoms with E-state index in [4.69, 9.17) is 0 Å². The zero-order valence-corrected chi connectivity index (χ0v) is 16.2. The Morgan fingerprint density at radius 2 is 1.79 bits per heavy atom. The standard InChI is InChI=1S/C21H24N4O3/c1-14-7-9-17(10-8-14)25-13-16(12-19(25)26)21(28)23-22-20(27)15-5-4-6-18(11-15)24(2)3/h4-11,16H,12-13H2,1-3H3,(H,22,27)(H,23,28). The van der Waals surface area contributed by atoms with Gasteiger partial charge in [-0.05, 0) is 37.3 Å². The maximum atomic E-state index is 12.4. The number of hydrazine groups is 1. The molecule has 3 rings (SSSR count). The Labute approximate surface area is 164 Å². The maximum Gasteiger partial charge on any atom is 0.269 e. The topological polar surface area (TPSA) is 81.8 Å². The molecule has 0 spiro atoms. The van der Waals surface area contributed by atoms with E-state index in [0.29, 0.717) is 12.1 Å². The fraction of sp³-hybridized carbons (Fsp3) is 0.286. The minimum atomic E-state index is -0.512. The van der Waals surface area contributed by atoms with Crippen molar-refractivity contribution in [2.24, 2.45) is 5.92 Å². The van der Waals surface area contributed by atoms with E-state index in [2.05, 4.69) is 10.9 Å². The first-order valence-electron chi connectivity index (χ1n) is 9.10. The highest BCUT2D eigenvalue weighted by molar-refractivity contribution is 6.01. The number of nitrogens with one attached hydrogen (secondary N) is 2. The first-order chi connectivity index (χ1) is 13.3. The summed E-state index contributed by atoms with van der Waals surface area (Å²) in [6.45, 7) is 2.27. The van der Waals surface area contributed by atoms with E-state index in [9.17, 15) is 14.4 Å². The lowest BCUT2D eigenvalue weighted by Gasteiger charge is -2.17. The zero-order valence-electron chi connectivity index (χ0n) is 16.2. The fourth-order valence-electron chi connectivity index (χ4n) is 3.08. The Kier molecular flexibility index (Phi) is 5.63. The van der Waals surface area contributed by atoms with Crippen LogP contribution in [0.1, 0.15) is 22.3 Å². The largest absolute Gasteiger partial charge is 0.378 e. The number of amides is 3. The van der Waals surface area contributed by atoms with Crippen LogP contribution in [-0.2, 0) is 9.59 Å². The molecule has 0 bridgehead atoms. The Bertz CT molecular complexity index is 893. The molecule has 1 unspecified atom stereocenters. The van der Waals surface area contributed by atoms with Crippen LogP contribution < -0.4 is 20.7 Å². The number of hydrogen-bond donors (Lipinski definition) is 2. The SMILES string of the molecule is Cc1ccc(N2CC(C(=O)NNC(=O)c3cccc(N(C)C)c3)CC2=O)cc1. The Balaban J connectivity index is 1.58. The van der Waals surface area contributed by atoms with Gasteiger partial charge in [0.15, 0.2) is 0 Å². The van der Waals surface area contributed by atoms with E-state index in [0.717, 1.165) is 16.9 Å². The lowest BCUT2D eigenvalue weighted by molar-refractivity contribution is -0.126. The van der Waals surface area contributed by atoms with Gasteiger partial charge >= 0.3 is 0 Å². The summed E-state index contributed by atoms with van der Waals surface area (Å²) < 4.78 is 0. The molecule has 1 fully saturated rings. The lowest BCUT2D eigenvalue weighted by atomic mass is 10.1. The van der Waals surface area contributed by atoms with E-state index in [-0.39, 0.29) is 18.2 Å². The number of carbonyl (C=O) groups is 3. The summed E-state index contributed by atoms with van der Waals surface area (Å²) in [6.07, 6.45) is 0.117. The minimum Gasteiger partial charge on any atom is -0.378 e. The molecule has 1 aliphatic heterocycles. The molecule has 2 aromatic carbocycles. The van der Waals surface area contributed by atoms with Gasteiger partial charge in [-0.2, -0.15) is 0 Å². The van der Waals surface area contributed by atoms with Crippen LogP contribution in [0.3, 0.4) is 0 Å². The summed E-state index contributed by atoms with van der Waals surface area (Å²) in [4.78, 5) is 40.5. The van der Waals surface area contributed by atoms with Crippen LogP contribution in [0, 0.1) is 12.8 Å². The van der Waals surface area contributed by atoms with Crippen molar-refractivity contribution < 1.29 is 14.4 Å². The minimum absolute atomic E-state index is 0.103. The van der Waals surface area contributed by atoms with E-state index in [1.54, 1.807) is 23.1 Å². The summed E-state index contributed by atoms with van der Waals surface area (Å²) >= 11 is 0. The van der Waals surface area contributed by atoms with Gasteiger partial charge in [-0.1, -0.05) is 23.8 Å². The van der Waals surface area contributed by atoms with Gasteiger partial charge in [0.25, 0.3) is 5.91 Å². The van der Waals surface area contributed by atoms with E-state index < -0.39 is 11.8 Å². The Hall–Kier alpha value is -3.35. The molecule has 7 nitrogen and oxygen atoms in total. The van der Waals surface area contributed by atoms with Crippen molar-refractivity contribution in [3.05, 3.63) is 59.7 Å². The second kappa shape index (κ2) is 8.12. The predicted molar refractivity (Wildman–Crippen MR) is 108 cm³/mol. The average Bonchev–Trinajstić information content (AvgIpc) is 3.08. The van der Waals surface area contributed by atoms with Gasteiger partial charge in [-0.25, -0.2) is 0 Å². The zero-order chi connectivity index (χ0) is 20.3. The quantitative estimate of drug-likeness (QED) is 0.794. The van der Waals surface area contributed by atoms with Gasteiger partial charge in [0.2, 0.25) is 11.8 Å². The number of aryl methyl sites for hydroxylation is 1. The summed E-state index contributed by atoms with van der Waals surface area (Å²) in [5, 5.41) is 0. The molecule has 0 aliphatic carbocycles. The van der Waals surface area contributed by atoms with Gasteiger partial charge in [-0.3, -0.25) is 25.2 Å². The molecule has 1 saturated heterocycles. The monoisotopic (exact) mass is 380 g/mol. The molecule has 28 heavy (non-hydrogen) atoms. The third-order valence-corrected chi connectivity index (χ3v) is 4.77. The summed E-state index contributed by atoms with van der Waals surface area (Å²) in [7, 11) is 3.77. The highest BCUT2D eigenvalue weighted by atomic mass is 16.2. The van der Waals surface area contributed by atoms with E-state index >= 15 is 0 Å². The van der Waals surface area contributed by atoms with Crippen molar-refractivity contribution in [1.29, 1.82) is 0 Å². The second-order valence-corrected chi connectivity index (χ2v) is 7.13. The molecule has 7 heteroatoms. The predicted octanol–water partition coefficient (Wildman–Crippen LogP) is 1.88. The van der Waals surface area contributed by atoms with Crippen LogP contribution in [0.2, 0.25) is 0 Å². The molecule has 0 radical (unpaired) electrons. The van der Waals surface area contributed by atoms with Crippen molar-refractivity contribution in [2.45, 2.75) is 13.3 Å². The van der Waals surface area contributed by atoms with Crippen LogP contribution in [0.15, 0.2) is 48.5 Å². The van der Waals surface area contributed by atoms with Crippen molar-refractivity contribution in [3.63, 3.8) is 0 Å². The number of rotatable bonds is 4. The van der Waals surface area contributed by atoms with Crippen molar-refractivity contribution >= 4 is 29.1 Å². The summed E-state index contributed by atoms with van der Waals surface area (Å²) in [5.74, 6) is -1.40. The smallest absolute Gasteiger partial charge is 0.269 e. The number of carbonyl (C=O) groups excluding carboxylic acids is 3. The Morgan fingerprint density at radius 3 is 2.46 bits per heavy atom. The molecule has 0 saturated carbocycles. The van der Waals surface area contributed by atoms with E-state index in [1.165, 1.54) is 0 Å². The number of anilines is 2. The van der Waals surface area contributed by atoms with Crippen LogP contribution >= 0.6 is 0 Å². The molecular formula is C21H24N4O3. The van der Waals surface area contributed by atoms with Crippen LogP contribution in [0.5, 0.6) is 0 Å². The first kappa shape index (κ1) is 19.4.